The predicted octanol–water partition coefficient (Wildman–Crippen LogP) is 2.33. The highest BCUT2D eigenvalue weighted by atomic mass is 14.7. The molecular weight excluding hydrogens is 160 g/mol. The summed E-state index contributed by atoms with van der Waals surface area (Å²) < 4.78 is 0. The predicted molar refractivity (Wildman–Crippen MR) is 53.9 cm³/mol. The summed E-state index contributed by atoms with van der Waals surface area (Å²) in [5, 5.41) is 8.29. The zero-order valence-electron chi connectivity index (χ0n) is 7.70. The van der Waals surface area contributed by atoms with Crippen LogP contribution in [0.3, 0.4) is 0 Å². The highest BCUT2D eigenvalue weighted by Gasteiger charge is 1.90. The zero-order valence-corrected chi connectivity index (χ0v) is 7.70. The second-order valence-corrected chi connectivity index (χ2v) is 2.80. The molecule has 0 bridgehead atoms. The van der Waals surface area contributed by atoms with Gasteiger partial charge in [-0.1, -0.05) is 24.3 Å². The van der Waals surface area contributed by atoms with Crippen molar-refractivity contribution in [3.8, 4) is 6.07 Å². The van der Waals surface area contributed by atoms with Crippen LogP contribution in [0.5, 0.6) is 0 Å². The highest BCUT2D eigenvalue weighted by Crippen LogP contribution is 2.03. The second kappa shape index (κ2) is 5.10. The summed E-state index contributed by atoms with van der Waals surface area (Å²) in [7, 11) is 0. The monoisotopic (exact) mass is 172 g/mol. The lowest BCUT2D eigenvalue weighted by molar-refractivity contribution is 1.02. The third kappa shape index (κ3) is 3.08. The molecule has 13 heavy (non-hydrogen) atoms. The summed E-state index contributed by atoms with van der Waals surface area (Å²) in [5.74, 6) is 0. The van der Waals surface area contributed by atoms with Gasteiger partial charge in [0, 0.05) is 6.21 Å². The lowest BCUT2D eigenvalue weighted by Gasteiger charge is -1.96. The van der Waals surface area contributed by atoms with Crippen LogP contribution in [0, 0.1) is 18.3 Å². The molecule has 0 spiro atoms. The van der Waals surface area contributed by atoms with Crippen molar-refractivity contribution in [2.75, 3.05) is 6.54 Å². The van der Waals surface area contributed by atoms with E-state index in [0.717, 1.165) is 5.56 Å². The van der Waals surface area contributed by atoms with Crippen LogP contribution < -0.4 is 0 Å². The molecule has 0 aliphatic carbocycles. The molecule has 1 aromatic rings. The van der Waals surface area contributed by atoms with Gasteiger partial charge in [-0.25, -0.2) is 0 Å². The Bertz CT molecular complexity index is 334. The maximum Gasteiger partial charge on any atom is 0.0641 e. The molecule has 0 N–H and O–H groups in total. The Morgan fingerprint density at radius 3 is 2.92 bits per heavy atom. The fraction of sp³-hybridized carbons (Fsp3) is 0.273. The van der Waals surface area contributed by atoms with Gasteiger partial charge < -0.3 is 0 Å². The van der Waals surface area contributed by atoms with E-state index in [-0.39, 0.29) is 0 Å². The van der Waals surface area contributed by atoms with E-state index in [1.165, 1.54) is 5.56 Å². The lowest BCUT2D eigenvalue weighted by Crippen LogP contribution is -1.87. The van der Waals surface area contributed by atoms with E-state index in [4.69, 9.17) is 5.26 Å². The third-order valence-electron chi connectivity index (χ3n) is 1.77. The van der Waals surface area contributed by atoms with Crippen molar-refractivity contribution in [1.82, 2.24) is 0 Å². The first-order chi connectivity index (χ1) is 6.34. The molecule has 0 aromatic heterocycles. The van der Waals surface area contributed by atoms with Crippen LogP contribution in [-0.4, -0.2) is 12.8 Å². The van der Waals surface area contributed by atoms with Gasteiger partial charge in [0.1, 0.15) is 0 Å². The molecule has 66 valence electrons. The number of hydrogen-bond acceptors (Lipinski definition) is 2. The van der Waals surface area contributed by atoms with E-state index in [1.54, 1.807) is 0 Å². The summed E-state index contributed by atoms with van der Waals surface area (Å²) >= 11 is 0. The summed E-state index contributed by atoms with van der Waals surface area (Å²) in [6.45, 7) is 2.64. The molecule has 0 aliphatic heterocycles. The molecule has 0 atom stereocenters. The maximum atomic E-state index is 8.29. The number of aryl methyl sites for hydroxylation is 1. The van der Waals surface area contributed by atoms with Gasteiger partial charge in [0.25, 0.3) is 0 Å². The molecule has 0 fully saturated rings. The first-order valence-electron chi connectivity index (χ1n) is 4.27. The number of rotatable bonds is 3. The van der Waals surface area contributed by atoms with Crippen LogP contribution >= 0.6 is 0 Å². The van der Waals surface area contributed by atoms with Crippen LogP contribution in [0.25, 0.3) is 0 Å². The van der Waals surface area contributed by atoms with Crippen molar-refractivity contribution in [2.45, 2.75) is 13.3 Å². The minimum Gasteiger partial charge on any atom is -0.291 e. The molecule has 1 rings (SSSR count). The van der Waals surface area contributed by atoms with Crippen LogP contribution in [-0.2, 0) is 0 Å². The molecule has 2 nitrogen and oxygen atoms in total. The Kier molecular flexibility index (Phi) is 3.72. The van der Waals surface area contributed by atoms with Crippen LogP contribution in [0.1, 0.15) is 17.5 Å². The average molecular weight is 172 g/mol. The van der Waals surface area contributed by atoms with Gasteiger partial charge in [-0.2, -0.15) is 5.26 Å². The van der Waals surface area contributed by atoms with Crippen molar-refractivity contribution < 1.29 is 0 Å². The Morgan fingerprint density at radius 2 is 2.23 bits per heavy atom. The van der Waals surface area contributed by atoms with E-state index in [1.807, 2.05) is 37.4 Å². The first-order valence-corrected chi connectivity index (χ1v) is 4.27. The number of aliphatic imine (C=N–C) groups is 1. The molecule has 0 radical (unpaired) electrons. The molecule has 0 amide bonds. The van der Waals surface area contributed by atoms with E-state index < -0.39 is 0 Å². The largest absolute Gasteiger partial charge is 0.291 e. The third-order valence-corrected chi connectivity index (χ3v) is 1.77. The Balaban J connectivity index is 2.59. The minimum atomic E-state index is 0.488. The van der Waals surface area contributed by atoms with Crippen molar-refractivity contribution in [3.05, 3.63) is 35.4 Å². The molecule has 0 saturated heterocycles. The number of nitriles is 1. The Hall–Kier alpha value is -1.62. The van der Waals surface area contributed by atoms with E-state index in [2.05, 4.69) is 11.1 Å². The van der Waals surface area contributed by atoms with Crippen LogP contribution in [0.15, 0.2) is 29.3 Å². The van der Waals surface area contributed by atoms with E-state index in [0.29, 0.717) is 13.0 Å². The van der Waals surface area contributed by atoms with Gasteiger partial charge in [0.2, 0.25) is 0 Å². The maximum absolute atomic E-state index is 8.29. The number of nitrogens with zero attached hydrogens (tertiary/aromatic N) is 2. The van der Waals surface area contributed by atoms with Gasteiger partial charge in [-0.15, -0.1) is 0 Å². The molecular formula is C11H12N2. The molecule has 0 heterocycles. The fourth-order valence-electron chi connectivity index (χ4n) is 1.01. The van der Waals surface area contributed by atoms with Gasteiger partial charge in [0.05, 0.1) is 19.0 Å². The number of hydrogen-bond donors (Lipinski definition) is 0. The minimum absolute atomic E-state index is 0.488. The first kappa shape index (κ1) is 9.47. The Morgan fingerprint density at radius 1 is 1.46 bits per heavy atom. The molecule has 0 aliphatic rings. The molecule has 0 saturated carbocycles. The number of benzene rings is 1. The Labute approximate surface area is 78.5 Å². The molecule has 2 heteroatoms. The summed E-state index contributed by atoms with van der Waals surface area (Å²) in [6, 6.07) is 10.1. The summed E-state index contributed by atoms with van der Waals surface area (Å²) in [5.41, 5.74) is 2.34. The summed E-state index contributed by atoms with van der Waals surface area (Å²) in [4.78, 5) is 4.14. The van der Waals surface area contributed by atoms with Gasteiger partial charge >= 0.3 is 0 Å². The quantitative estimate of drug-likeness (QED) is 0.509. The topological polar surface area (TPSA) is 36.1 Å². The van der Waals surface area contributed by atoms with Gasteiger partial charge in [0.15, 0.2) is 0 Å². The average Bonchev–Trinajstić information content (AvgIpc) is 2.15. The summed E-state index contributed by atoms with van der Waals surface area (Å²) in [6.07, 6.45) is 2.31. The van der Waals surface area contributed by atoms with E-state index in [9.17, 15) is 0 Å². The fourth-order valence-corrected chi connectivity index (χ4v) is 1.01. The highest BCUT2D eigenvalue weighted by molar-refractivity contribution is 5.81. The van der Waals surface area contributed by atoms with Crippen molar-refractivity contribution in [1.29, 1.82) is 5.26 Å². The zero-order chi connectivity index (χ0) is 9.52. The van der Waals surface area contributed by atoms with Crippen molar-refractivity contribution in [2.24, 2.45) is 4.99 Å². The van der Waals surface area contributed by atoms with Crippen molar-refractivity contribution in [3.63, 3.8) is 0 Å². The smallest absolute Gasteiger partial charge is 0.0641 e. The van der Waals surface area contributed by atoms with Crippen molar-refractivity contribution >= 4 is 6.21 Å². The van der Waals surface area contributed by atoms with Gasteiger partial charge in [-0.05, 0) is 18.1 Å². The normalized spacial score (nSPS) is 10.2. The van der Waals surface area contributed by atoms with Crippen LogP contribution in [0.2, 0.25) is 0 Å². The SMILES string of the molecule is Cc1ccccc1/C=N/CCC#N. The molecule has 1 aromatic carbocycles. The molecule has 0 unspecified atom stereocenters. The van der Waals surface area contributed by atoms with Crippen LogP contribution in [0.4, 0.5) is 0 Å². The van der Waals surface area contributed by atoms with Gasteiger partial charge in [-0.3, -0.25) is 4.99 Å². The second-order valence-electron chi connectivity index (χ2n) is 2.80. The standard InChI is InChI=1S/C11H12N2/c1-10-5-2-3-6-11(10)9-13-8-4-7-12/h2-3,5-6,9H,4,8H2,1H3/b13-9+. The van der Waals surface area contributed by atoms with E-state index >= 15 is 0 Å². The lowest BCUT2D eigenvalue weighted by atomic mass is 10.1.